The van der Waals surface area contributed by atoms with Crippen molar-refractivity contribution in [3.63, 3.8) is 0 Å². The van der Waals surface area contributed by atoms with Crippen LogP contribution < -0.4 is 9.80 Å². The van der Waals surface area contributed by atoms with Gasteiger partial charge >= 0.3 is 0 Å². The van der Waals surface area contributed by atoms with Gasteiger partial charge in [0.1, 0.15) is 0 Å². The third-order valence-electron chi connectivity index (χ3n) is 4.68. The summed E-state index contributed by atoms with van der Waals surface area (Å²) < 4.78 is 0. The van der Waals surface area contributed by atoms with E-state index < -0.39 is 0 Å². The van der Waals surface area contributed by atoms with Crippen molar-refractivity contribution in [2.24, 2.45) is 0 Å². The summed E-state index contributed by atoms with van der Waals surface area (Å²) in [5.41, 5.74) is 2.34. The SMILES string of the molecule is CCSC1=C(c2cccs2)C(=O)N(c2ccc(N3CCCC3)cc2)C1=O. The first-order valence-electron chi connectivity index (χ1n) is 8.85. The van der Waals surface area contributed by atoms with E-state index in [9.17, 15) is 9.59 Å². The van der Waals surface area contributed by atoms with Crippen LogP contribution in [0.5, 0.6) is 0 Å². The number of carbonyl (C=O) groups is 2. The molecule has 2 aliphatic rings. The summed E-state index contributed by atoms with van der Waals surface area (Å²) in [6, 6.07) is 11.6. The molecule has 6 heteroatoms. The van der Waals surface area contributed by atoms with Gasteiger partial charge in [-0.05, 0) is 54.3 Å². The number of thiophene rings is 1. The van der Waals surface area contributed by atoms with Crippen molar-refractivity contribution >= 4 is 51.9 Å². The minimum atomic E-state index is -0.220. The maximum absolute atomic E-state index is 13.1. The lowest BCUT2D eigenvalue weighted by molar-refractivity contribution is -0.119. The highest BCUT2D eigenvalue weighted by Gasteiger charge is 2.40. The molecule has 4 nitrogen and oxygen atoms in total. The smallest absolute Gasteiger partial charge is 0.272 e. The van der Waals surface area contributed by atoms with Crippen molar-refractivity contribution in [2.45, 2.75) is 19.8 Å². The predicted molar refractivity (Wildman–Crippen MR) is 110 cm³/mol. The Hall–Kier alpha value is -2.05. The van der Waals surface area contributed by atoms with Crippen LogP contribution in [0.1, 0.15) is 24.6 Å². The summed E-state index contributed by atoms with van der Waals surface area (Å²) in [6.45, 7) is 4.14. The first kappa shape index (κ1) is 17.4. The van der Waals surface area contributed by atoms with Gasteiger partial charge in [0.05, 0.1) is 16.2 Å². The summed E-state index contributed by atoms with van der Waals surface area (Å²) in [6.07, 6.45) is 2.44. The Kier molecular flexibility index (Phi) is 4.87. The Bertz CT molecular complexity index is 850. The molecule has 2 aromatic rings. The van der Waals surface area contributed by atoms with Gasteiger partial charge in [0.25, 0.3) is 11.8 Å². The van der Waals surface area contributed by atoms with Crippen LogP contribution in [-0.2, 0) is 9.59 Å². The average Bonchev–Trinajstić information content (AvgIpc) is 3.39. The summed E-state index contributed by atoms with van der Waals surface area (Å²) in [7, 11) is 0. The first-order valence-corrected chi connectivity index (χ1v) is 10.7. The molecule has 26 heavy (non-hydrogen) atoms. The summed E-state index contributed by atoms with van der Waals surface area (Å²) >= 11 is 2.94. The fraction of sp³-hybridized carbons (Fsp3) is 0.300. The van der Waals surface area contributed by atoms with Crippen LogP contribution in [0.3, 0.4) is 0 Å². The zero-order chi connectivity index (χ0) is 18.1. The Morgan fingerprint density at radius 2 is 1.69 bits per heavy atom. The van der Waals surface area contributed by atoms with Gasteiger partial charge in [0.2, 0.25) is 0 Å². The molecule has 2 amide bonds. The summed E-state index contributed by atoms with van der Waals surface area (Å²) in [4.78, 5) is 31.1. The monoisotopic (exact) mass is 384 g/mol. The molecule has 0 radical (unpaired) electrons. The van der Waals surface area contributed by atoms with Crippen LogP contribution in [-0.4, -0.2) is 30.7 Å². The second-order valence-electron chi connectivity index (χ2n) is 6.27. The van der Waals surface area contributed by atoms with Gasteiger partial charge in [0.15, 0.2) is 0 Å². The Balaban J connectivity index is 1.65. The van der Waals surface area contributed by atoms with Crippen molar-refractivity contribution in [3.05, 3.63) is 51.6 Å². The van der Waals surface area contributed by atoms with Gasteiger partial charge in [-0.3, -0.25) is 9.59 Å². The molecule has 1 fully saturated rings. The lowest BCUT2D eigenvalue weighted by Gasteiger charge is -2.20. The molecule has 0 aliphatic carbocycles. The number of hydrogen-bond acceptors (Lipinski definition) is 5. The highest BCUT2D eigenvalue weighted by molar-refractivity contribution is 8.04. The number of nitrogens with zero attached hydrogens (tertiary/aromatic N) is 2. The van der Waals surface area contributed by atoms with E-state index in [1.165, 1.54) is 40.8 Å². The molecular formula is C20H20N2O2S2. The van der Waals surface area contributed by atoms with Crippen LogP contribution >= 0.6 is 23.1 Å². The largest absolute Gasteiger partial charge is 0.372 e. The third kappa shape index (κ3) is 2.97. The van der Waals surface area contributed by atoms with E-state index in [2.05, 4.69) is 4.90 Å². The van der Waals surface area contributed by atoms with Gasteiger partial charge in [-0.2, -0.15) is 0 Å². The molecule has 1 aromatic carbocycles. The minimum Gasteiger partial charge on any atom is -0.372 e. The number of rotatable bonds is 5. The van der Waals surface area contributed by atoms with E-state index in [0.717, 1.165) is 29.4 Å². The van der Waals surface area contributed by atoms with Crippen LogP contribution in [0.15, 0.2) is 46.7 Å². The second kappa shape index (κ2) is 7.29. The van der Waals surface area contributed by atoms with Crippen molar-refractivity contribution in [1.82, 2.24) is 0 Å². The van der Waals surface area contributed by atoms with Crippen molar-refractivity contribution in [1.29, 1.82) is 0 Å². The highest BCUT2D eigenvalue weighted by Crippen LogP contribution is 2.40. The van der Waals surface area contributed by atoms with Crippen LogP contribution in [0.4, 0.5) is 11.4 Å². The molecule has 1 aromatic heterocycles. The fourth-order valence-electron chi connectivity index (χ4n) is 3.45. The van der Waals surface area contributed by atoms with Crippen molar-refractivity contribution in [2.75, 3.05) is 28.6 Å². The number of thioether (sulfide) groups is 1. The first-order chi connectivity index (χ1) is 12.7. The topological polar surface area (TPSA) is 40.6 Å². The lowest BCUT2D eigenvalue weighted by atomic mass is 10.2. The lowest BCUT2D eigenvalue weighted by Crippen LogP contribution is -2.31. The molecule has 3 heterocycles. The van der Waals surface area contributed by atoms with E-state index in [1.54, 1.807) is 0 Å². The van der Waals surface area contributed by atoms with Gasteiger partial charge in [0, 0.05) is 23.7 Å². The standard InChI is InChI=1S/C20H20N2O2S2/c1-2-25-18-17(16-6-5-13-26-16)19(23)22(20(18)24)15-9-7-14(8-10-15)21-11-3-4-12-21/h5-10,13H,2-4,11-12H2,1H3. The van der Waals surface area contributed by atoms with Gasteiger partial charge in [-0.25, -0.2) is 4.90 Å². The van der Waals surface area contributed by atoms with Crippen LogP contribution in [0.25, 0.3) is 5.57 Å². The Labute approximate surface area is 161 Å². The predicted octanol–water partition coefficient (Wildman–Crippen LogP) is 4.39. The molecule has 0 saturated carbocycles. The molecule has 0 atom stereocenters. The number of carbonyl (C=O) groups excluding carboxylic acids is 2. The maximum atomic E-state index is 13.1. The number of hydrogen-bond donors (Lipinski definition) is 0. The van der Waals surface area contributed by atoms with Crippen LogP contribution in [0, 0.1) is 0 Å². The molecule has 0 bridgehead atoms. The van der Waals surface area contributed by atoms with Gasteiger partial charge < -0.3 is 4.90 Å². The van der Waals surface area contributed by atoms with Crippen molar-refractivity contribution < 1.29 is 9.59 Å². The quantitative estimate of drug-likeness (QED) is 0.717. The summed E-state index contributed by atoms with van der Waals surface area (Å²) in [5, 5.41) is 1.93. The number of amides is 2. The van der Waals surface area contributed by atoms with E-state index in [0.29, 0.717) is 16.2 Å². The van der Waals surface area contributed by atoms with E-state index >= 15 is 0 Å². The number of benzene rings is 1. The fourth-order valence-corrected chi connectivity index (χ4v) is 5.13. The molecule has 2 aliphatic heterocycles. The normalized spacial score (nSPS) is 17.7. The van der Waals surface area contributed by atoms with Crippen LogP contribution in [0.2, 0.25) is 0 Å². The second-order valence-corrected chi connectivity index (χ2v) is 8.49. The van der Waals surface area contributed by atoms with Gasteiger partial charge in [-0.1, -0.05) is 13.0 Å². The molecule has 4 rings (SSSR count). The number of imide groups is 1. The minimum absolute atomic E-state index is 0.209. The van der Waals surface area contributed by atoms with E-state index in [-0.39, 0.29) is 11.8 Å². The average molecular weight is 385 g/mol. The number of anilines is 2. The zero-order valence-corrected chi connectivity index (χ0v) is 16.2. The molecule has 0 unspecified atom stereocenters. The molecule has 0 spiro atoms. The van der Waals surface area contributed by atoms with Crippen molar-refractivity contribution in [3.8, 4) is 0 Å². The zero-order valence-electron chi connectivity index (χ0n) is 14.6. The maximum Gasteiger partial charge on any atom is 0.272 e. The highest BCUT2D eigenvalue weighted by atomic mass is 32.2. The molecule has 1 saturated heterocycles. The van der Waals surface area contributed by atoms with E-state index in [1.807, 2.05) is 48.7 Å². The Morgan fingerprint density at radius 3 is 2.31 bits per heavy atom. The van der Waals surface area contributed by atoms with Gasteiger partial charge in [-0.15, -0.1) is 23.1 Å². The third-order valence-corrected chi connectivity index (χ3v) is 6.52. The summed E-state index contributed by atoms with van der Waals surface area (Å²) in [5.74, 6) is 0.326. The molecule has 134 valence electrons. The Morgan fingerprint density at radius 1 is 1.00 bits per heavy atom. The van der Waals surface area contributed by atoms with E-state index in [4.69, 9.17) is 0 Å². The molecular weight excluding hydrogens is 364 g/mol. The molecule has 0 N–H and O–H groups in total.